The number of alkyl halides is 3. The molecule has 1 aromatic rings. The summed E-state index contributed by atoms with van der Waals surface area (Å²) in [6.07, 6.45) is -5.21. The Morgan fingerprint density at radius 3 is 2.06 bits per heavy atom. The molecule has 16 heavy (non-hydrogen) atoms. The number of halogens is 6. The average Bonchev–Trinajstić information content (AvgIpc) is 2.17. The molecule has 0 fully saturated rings. The van der Waals surface area contributed by atoms with Gasteiger partial charge in [0, 0.05) is 4.91 Å². The second-order valence-electron chi connectivity index (χ2n) is 2.57. The van der Waals surface area contributed by atoms with E-state index in [9.17, 15) is 26.3 Å². The molecule has 0 aromatic heterocycles. The topological polar surface area (TPSA) is 48.8 Å². The summed E-state index contributed by atoms with van der Waals surface area (Å²) in [6.45, 7) is 0. The number of nitrogens with zero attached hydrogens (tertiary/aromatic N) is 3. The predicted molar refractivity (Wildman–Crippen MR) is 40.1 cm³/mol. The molecule has 0 N–H and O–H groups in total. The largest absolute Gasteiger partial charge is 0.419 e. The van der Waals surface area contributed by atoms with Gasteiger partial charge in [0.05, 0.1) is 11.3 Å². The molecule has 3 nitrogen and oxygen atoms in total. The average molecular weight is 241 g/mol. The molecule has 0 aliphatic carbocycles. The van der Waals surface area contributed by atoms with Gasteiger partial charge in [0.1, 0.15) is 0 Å². The van der Waals surface area contributed by atoms with Gasteiger partial charge in [0.2, 0.25) is 0 Å². The minimum Gasteiger partial charge on any atom is -0.203 e. The first-order valence-corrected chi connectivity index (χ1v) is 3.58. The molecule has 0 aliphatic rings. The first kappa shape index (κ1) is 12.2. The standard InChI is InChI=1S/C7HF6N3/c8-4-2(7(11,12)13)1-3(15-16-14)5(9)6(4)10/h1H. The summed E-state index contributed by atoms with van der Waals surface area (Å²) in [5, 5.41) is 2.48. The monoisotopic (exact) mass is 241 g/mol. The third kappa shape index (κ3) is 2.03. The van der Waals surface area contributed by atoms with Crippen LogP contribution in [-0.4, -0.2) is 0 Å². The summed E-state index contributed by atoms with van der Waals surface area (Å²) < 4.78 is 74.5. The molecule has 0 radical (unpaired) electrons. The van der Waals surface area contributed by atoms with Gasteiger partial charge in [-0.1, -0.05) is 5.11 Å². The van der Waals surface area contributed by atoms with Crippen molar-refractivity contribution in [2.75, 3.05) is 0 Å². The van der Waals surface area contributed by atoms with Crippen molar-refractivity contribution < 1.29 is 26.3 Å². The zero-order valence-corrected chi connectivity index (χ0v) is 7.19. The van der Waals surface area contributed by atoms with Crippen LogP contribution in [0.2, 0.25) is 0 Å². The van der Waals surface area contributed by atoms with Crippen molar-refractivity contribution in [3.63, 3.8) is 0 Å². The van der Waals surface area contributed by atoms with Crippen molar-refractivity contribution in [1.82, 2.24) is 0 Å². The second kappa shape index (κ2) is 3.93. The van der Waals surface area contributed by atoms with Crippen molar-refractivity contribution >= 4 is 5.69 Å². The summed E-state index contributed by atoms with van der Waals surface area (Å²) in [6, 6.07) is -0.104. The first-order valence-electron chi connectivity index (χ1n) is 3.58. The lowest BCUT2D eigenvalue weighted by Gasteiger charge is -2.09. The van der Waals surface area contributed by atoms with E-state index in [-0.39, 0.29) is 6.07 Å². The van der Waals surface area contributed by atoms with E-state index in [1.807, 2.05) is 4.91 Å². The minimum absolute atomic E-state index is 0.104. The van der Waals surface area contributed by atoms with Gasteiger partial charge in [-0.25, -0.2) is 13.2 Å². The highest BCUT2D eigenvalue weighted by atomic mass is 19.4. The fraction of sp³-hybridized carbons (Fsp3) is 0.143. The zero-order valence-electron chi connectivity index (χ0n) is 7.19. The van der Waals surface area contributed by atoms with Gasteiger partial charge in [-0.3, -0.25) is 0 Å². The molecule has 0 spiro atoms. The van der Waals surface area contributed by atoms with E-state index in [0.717, 1.165) is 0 Å². The maximum Gasteiger partial charge on any atom is 0.419 e. The fourth-order valence-corrected chi connectivity index (χ4v) is 0.918. The number of azide groups is 1. The van der Waals surface area contributed by atoms with Gasteiger partial charge >= 0.3 is 6.18 Å². The molecule has 0 bridgehead atoms. The molecule has 0 amide bonds. The van der Waals surface area contributed by atoms with Crippen LogP contribution >= 0.6 is 0 Å². The Bertz CT molecular complexity index is 474. The lowest BCUT2D eigenvalue weighted by atomic mass is 10.1. The number of hydrogen-bond acceptors (Lipinski definition) is 1. The molecule has 0 unspecified atom stereocenters. The maximum absolute atomic E-state index is 12.8. The molecule has 0 heterocycles. The van der Waals surface area contributed by atoms with Crippen molar-refractivity contribution in [2.45, 2.75) is 6.18 Å². The second-order valence-corrected chi connectivity index (χ2v) is 2.57. The van der Waals surface area contributed by atoms with Gasteiger partial charge in [-0.2, -0.15) is 13.2 Å². The van der Waals surface area contributed by atoms with Crippen LogP contribution in [-0.2, 0) is 6.18 Å². The molecule has 0 aliphatic heterocycles. The zero-order chi connectivity index (χ0) is 12.5. The van der Waals surface area contributed by atoms with E-state index in [1.54, 1.807) is 0 Å². The smallest absolute Gasteiger partial charge is 0.203 e. The van der Waals surface area contributed by atoms with Gasteiger partial charge in [-0.15, -0.1) is 0 Å². The molecular weight excluding hydrogens is 240 g/mol. The van der Waals surface area contributed by atoms with Gasteiger partial charge in [0.25, 0.3) is 0 Å². The fourth-order valence-electron chi connectivity index (χ4n) is 0.918. The van der Waals surface area contributed by atoms with E-state index in [0.29, 0.717) is 0 Å². The van der Waals surface area contributed by atoms with Crippen LogP contribution in [0, 0.1) is 17.5 Å². The van der Waals surface area contributed by atoms with Crippen molar-refractivity contribution in [2.24, 2.45) is 5.11 Å². The summed E-state index contributed by atoms with van der Waals surface area (Å²) >= 11 is 0. The van der Waals surface area contributed by atoms with Gasteiger partial charge in [-0.05, 0) is 11.6 Å². The van der Waals surface area contributed by atoms with Crippen molar-refractivity contribution in [3.05, 3.63) is 39.5 Å². The number of benzene rings is 1. The van der Waals surface area contributed by atoms with Gasteiger partial charge in [0.15, 0.2) is 17.5 Å². The Kier molecular flexibility index (Phi) is 2.99. The molecule has 0 saturated carbocycles. The summed E-state index contributed by atoms with van der Waals surface area (Å²) in [7, 11) is 0. The first-order chi connectivity index (χ1) is 7.29. The van der Waals surface area contributed by atoms with Crippen molar-refractivity contribution in [1.29, 1.82) is 0 Å². The Labute approximate surface area is 83.9 Å². The highest BCUT2D eigenvalue weighted by molar-refractivity contribution is 5.44. The lowest BCUT2D eigenvalue weighted by Crippen LogP contribution is -2.10. The summed E-state index contributed by atoms with van der Waals surface area (Å²) in [5.74, 6) is -6.68. The molecule has 1 rings (SSSR count). The van der Waals surface area contributed by atoms with E-state index in [2.05, 4.69) is 5.11 Å². The molecule has 0 saturated heterocycles. The van der Waals surface area contributed by atoms with E-state index in [4.69, 9.17) is 5.53 Å². The van der Waals surface area contributed by atoms with E-state index >= 15 is 0 Å². The van der Waals surface area contributed by atoms with Crippen LogP contribution in [0.4, 0.5) is 32.0 Å². The van der Waals surface area contributed by atoms with Crippen LogP contribution in [0.1, 0.15) is 5.56 Å². The third-order valence-corrected chi connectivity index (χ3v) is 1.59. The van der Waals surface area contributed by atoms with Crippen LogP contribution in [0.5, 0.6) is 0 Å². The van der Waals surface area contributed by atoms with Gasteiger partial charge < -0.3 is 0 Å². The SMILES string of the molecule is [N-]=[N+]=Nc1cc(C(F)(F)F)c(F)c(F)c1F. The molecular formula is C7HF6N3. The molecule has 0 atom stereocenters. The Balaban J connectivity index is 3.60. The number of hydrogen-bond donors (Lipinski definition) is 0. The summed E-state index contributed by atoms with van der Waals surface area (Å²) in [4.78, 5) is 1.99. The number of rotatable bonds is 1. The van der Waals surface area contributed by atoms with E-state index < -0.39 is 34.9 Å². The Hall–Kier alpha value is -1.89. The quantitative estimate of drug-likeness (QED) is 0.234. The molecule has 9 heteroatoms. The van der Waals surface area contributed by atoms with Crippen molar-refractivity contribution in [3.8, 4) is 0 Å². The normalized spacial score (nSPS) is 11.1. The third-order valence-electron chi connectivity index (χ3n) is 1.59. The van der Waals surface area contributed by atoms with E-state index in [1.165, 1.54) is 0 Å². The maximum atomic E-state index is 12.8. The Morgan fingerprint density at radius 1 is 1.06 bits per heavy atom. The Morgan fingerprint density at radius 2 is 1.62 bits per heavy atom. The molecule has 86 valence electrons. The summed E-state index contributed by atoms with van der Waals surface area (Å²) in [5.41, 5.74) is 4.60. The van der Waals surface area contributed by atoms with Crippen LogP contribution < -0.4 is 0 Å². The van der Waals surface area contributed by atoms with Crippen LogP contribution in [0.3, 0.4) is 0 Å². The minimum atomic E-state index is -5.21. The van der Waals surface area contributed by atoms with Crippen LogP contribution in [0.15, 0.2) is 11.2 Å². The molecule has 1 aromatic carbocycles. The predicted octanol–water partition coefficient (Wildman–Crippen LogP) is 4.06. The lowest BCUT2D eigenvalue weighted by molar-refractivity contribution is -0.140. The highest BCUT2D eigenvalue weighted by Gasteiger charge is 2.37. The highest BCUT2D eigenvalue weighted by Crippen LogP contribution is 2.36. The van der Waals surface area contributed by atoms with Crippen LogP contribution in [0.25, 0.3) is 10.4 Å².